The first-order valence-electron chi connectivity index (χ1n) is 8.73. The number of amides is 1. The first-order valence-corrected chi connectivity index (χ1v) is 9.11. The van der Waals surface area contributed by atoms with Crippen LogP contribution in [0.3, 0.4) is 0 Å². The van der Waals surface area contributed by atoms with Crippen molar-refractivity contribution >= 4 is 17.5 Å². The van der Waals surface area contributed by atoms with Gasteiger partial charge >= 0.3 is 0 Å². The van der Waals surface area contributed by atoms with Crippen LogP contribution in [0.2, 0.25) is 5.02 Å². The molecule has 1 amide bonds. The van der Waals surface area contributed by atoms with Gasteiger partial charge < -0.3 is 19.5 Å². The Morgan fingerprint density at radius 2 is 1.52 bits per heavy atom. The first kappa shape index (κ1) is 20.9. The Labute approximate surface area is 165 Å². The maximum Gasteiger partial charge on any atom is 0.228 e. The van der Waals surface area contributed by atoms with E-state index in [0.29, 0.717) is 28.8 Å². The molecule has 0 fully saturated rings. The van der Waals surface area contributed by atoms with Gasteiger partial charge in [-0.15, -0.1) is 0 Å². The van der Waals surface area contributed by atoms with Crippen molar-refractivity contribution in [1.29, 1.82) is 0 Å². The van der Waals surface area contributed by atoms with Crippen molar-refractivity contribution < 1.29 is 19.0 Å². The zero-order valence-corrected chi connectivity index (χ0v) is 17.1. The number of carbonyl (C=O) groups excluding carboxylic acids is 1. The number of nitrogens with one attached hydrogen (secondary N) is 1. The number of carbonyl (C=O) groups is 1. The highest BCUT2D eigenvalue weighted by Gasteiger charge is 2.24. The van der Waals surface area contributed by atoms with Crippen molar-refractivity contribution in [3.63, 3.8) is 0 Å². The quantitative estimate of drug-likeness (QED) is 0.723. The largest absolute Gasteiger partial charge is 0.496 e. The van der Waals surface area contributed by atoms with Gasteiger partial charge in [-0.25, -0.2) is 0 Å². The molecule has 0 heterocycles. The average Bonchev–Trinajstić information content (AvgIpc) is 2.66. The van der Waals surface area contributed by atoms with Gasteiger partial charge in [0.05, 0.1) is 27.2 Å². The molecule has 0 radical (unpaired) electrons. The molecule has 1 N–H and O–H groups in total. The Kier molecular flexibility index (Phi) is 7.36. The van der Waals surface area contributed by atoms with E-state index in [9.17, 15) is 4.79 Å². The third-order valence-corrected chi connectivity index (χ3v) is 4.67. The summed E-state index contributed by atoms with van der Waals surface area (Å²) in [5, 5.41) is 3.66. The molecular weight excluding hydrogens is 366 g/mol. The van der Waals surface area contributed by atoms with Crippen molar-refractivity contribution in [1.82, 2.24) is 5.32 Å². The van der Waals surface area contributed by atoms with Gasteiger partial charge in [-0.3, -0.25) is 4.79 Å². The summed E-state index contributed by atoms with van der Waals surface area (Å²) in [6.45, 7) is 4.37. The molecule has 1 atom stereocenters. The van der Waals surface area contributed by atoms with Crippen LogP contribution in [0.4, 0.5) is 0 Å². The smallest absolute Gasteiger partial charge is 0.228 e. The number of hydrogen-bond acceptors (Lipinski definition) is 4. The molecule has 146 valence electrons. The number of ether oxygens (including phenoxy) is 3. The van der Waals surface area contributed by atoms with Crippen LogP contribution in [-0.4, -0.2) is 27.2 Å². The summed E-state index contributed by atoms with van der Waals surface area (Å²) in [4.78, 5) is 12.9. The maximum absolute atomic E-state index is 12.9. The lowest BCUT2D eigenvalue weighted by Crippen LogP contribution is -2.31. The molecule has 0 saturated carbocycles. The van der Waals surface area contributed by atoms with E-state index in [1.807, 2.05) is 32.0 Å². The Bertz CT molecular complexity index is 774. The van der Waals surface area contributed by atoms with Gasteiger partial charge in [-0.2, -0.15) is 0 Å². The monoisotopic (exact) mass is 391 g/mol. The van der Waals surface area contributed by atoms with Crippen LogP contribution >= 0.6 is 11.6 Å². The predicted molar refractivity (Wildman–Crippen MR) is 107 cm³/mol. The van der Waals surface area contributed by atoms with E-state index in [2.05, 4.69) is 5.32 Å². The number of benzene rings is 2. The molecule has 2 aromatic rings. The van der Waals surface area contributed by atoms with Crippen LogP contribution in [0.5, 0.6) is 17.2 Å². The zero-order valence-electron chi connectivity index (χ0n) is 16.3. The van der Waals surface area contributed by atoms with Gasteiger partial charge in [-0.1, -0.05) is 37.6 Å². The van der Waals surface area contributed by atoms with Crippen LogP contribution in [-0.2, 0) is 11.3 Å². The summed E-state index contributed by atoms with van der Waals surface area (Å²) >= 11 is 5.97. The third-order valence-electron chi connectivity index (χ3n) is 4.42. The SMILES string of the molecule is COc1cc(OC)c(OC)cc1CNC(=O)[C@@H](c1ccc(Cl)cc1)C(C)C. The molecule has 0 aromatic heterocycles. The molecule has 27 heavy (non-hydrogen) atoms. The summed E-state index contributed by atoms with van der Waals surface area (Å²) in [5.41, 5.74) is 1.74. The molecule has 0 aliphatic rings. The second-order valence-electron chi connectivity index (χ2n) is 6.51. The van der Waals surface area contributed by atoms with Crippen molar-refractivity contribution in [3.8, 4) is 17.2 Å². The lowest BCUT2D eigenvalue weighted by atomic mass is 9.87. The third kappa shape index (κ3) is 5.07. The molecular formula is C21H26ClNO4. The van der Waals surface area contributed by atoms with Gasteiger partial charge in [-0.05, 0) is 29.7 Å². The molecule has 0 aliphatic carbocycles. The Hall–Kier alpha value is -2.40. The molecule has 2 aromatic carbocycles. The van der Waals surface area contributed by atoms with Crippen LogP contribution in [0, 0.1) is 5.92 Å². The number of halogens is 1. The predicted octanol–water partition coefficient (Wildman–Crippen LogP) is 4.42. The standard InChI is InChI=1S/C21H26ClNO4/c1-13(2)20(14-6-8-16(22)9-7-14)21(24)23-12-15-10-18(26-4)19(27-5)11-17(15)25-3/h6-11,13,20H,12H2,1-5H3,(H,23,24)/t20-/m1/s1. The van der Waals surface area contributed by atoms with E-state index in [1.165, 1.54) is 0 Å². The summed E-state index contributed by atoms with van der Waals surface area (Å²) < 4.78 is 16.1. The lowest BCUT2D eigenvalue weighted by Gasteiger charge is -2.21. The second-order valence-corrected chi connectivity index (χ2v) is 6.95. The molecule has 0 spiro atoms. The van der Waals surface area contributed by atoms with Gasteiger partial charge in [0.2, 0.25) is 5.91 Å². The fourth-order valence-electron chi connectivity index (χ4n) is 3.03. The van der Waals surface area contributed by atoms with Crippen molar-refractivity contribution in [3.05, 3.63) is 52.5 Å². The van der Waals surface area contributed by atoms with Crippen molar-refractivity contribution in [2.75, 3.05) is 21.3 Å². The Morgan fingerprint density at radius 1 is 0.963 bits per heavy atom. The molecule has 5 nitrogen and oxygen atoms in total. The van der Waals surface area contributed by atoms with Gasteiger partial charge in [0, 0.05) is 23.2 Å². The molecule has 0 aliphatic heterocycles. The zero-order chi connectivity index (χ0) is 20.0. The Balaban J connectivity index is 2.21. The minimum atomic E-state index is -0.270. The molecule has 0 saturated heterocycles. The maximum atomic E-state index is 12.9. The van der Waals surface area contributed by atoms with Gasteiger partial charge in [0.25, 0.3) is 0 Å². The van der Waals surface area contributed by atoms with Crippen molar-refractivity contribution in [2.45, 2.75) is 26.3 Å². The van der Waals surface area contributed by atoms with Crippen LogP contribution in [0.25, 0.3) is 0 Å². The molecule has 6 heteroatoms. The highest BCUT2D eigenvalue weighted by molar-refractivity contribution is 6.30. The molecule has 2 rings (SSSR count). The van der Waals surface area contributed by atoms with Crippen LogP contribution in [0.15, 0.2) is 36.4 Å². The second kappa shape index (κ2) is 9.51. The fourth-order valence-corrected chi connectivity index (χ4v) is 3.16. The molecule has 0 bridgehead atoms. The minimum absolute atomic E-state index is 0.0517. The van der Waals surface area contributed by atoms with E-state index in [0.717, 1.165) is 11.1 Å². The van der Waals surface area contributed by atoms with E-state index in [-0.39, 0.29) is 17.7 Å². The molecule has 0 unspecified atom stereocenters. The van der Waals surface area contributed by atoms with E-state index in [1.54, 1.807) is 39.5 Å². The van der Waals surface area contributed by atoms with Crippen LogP contribution in [0.1, 0.15) is 30.9 Å². The minimum Gasteiger partial charge on any atom is -0.496 e. The van der Waals surface area contributed by atoms with Gasteiger partial charge in [0.15, 0.2) is 11.5 Å². The highest BCUT2D eigenvalue weighted by Crippen LogP contribution is 2.34. The summed E-state index contributed by atoms with van der Waals surface area (Å²) in [6, 6.07) is 10.9. The van der Waals surface area contributed by atoms with Gasteiger partial charge in [0.1, 0.15) is 5.75 Å². The first-order chi connectivity index (χ1) is 12.9. The van der Waals surface area contributed by atoms with E-state index < -0.39 is 0 Å². The summed E-state index contributed by atoms with van der Waals surface area (Å²) in [6.07, 6.45) is 0. The Morgan fingerprint density at radius 3 is 2.04 bits per heavy atom. The van der Waals surface area contributed by atoms with Crippen molar-refractivity contribution in [2.24, 2.45) is 5.92 Å². The summed E-state index contributed by atoms with van der Waals surface area (Å²) in [5.74, 6) is 1.60. The normalized spacial score (nSPS) is 11.8. The highest BCUT2D eigenvalue weighted by atomic mass is 35.5. The summed E-state index contributed by atoms with van der Waals surface area (Å²) in [7, 11) is 4.72. The van der Waals surface area contributed by atoms with E-state index >= 15 is 0 Å². The number of rotatable bonds is 8. The topological polar surface area (TPSA) is 56.8 Å². The average molecular weight is 392 g/mol. The number of methoxy groups -OCH3 is 3. The van der Waals surface area contributed by atoms with E-state index in [4.69, 9.17) is 25.8 Å². The van der Waals surface area contributed by atoms with Crippen LogP contribution < -0.4 is 19.5 Å². The lowest BCUT2D eigenvalue weighted by molar-refractivity contribution is -0.123. The number of hydrogen-bond donors (Lipinski definition) is 1. The fraction of sp³-hybridized carbons (Fsp3) is 0.381.